The molecule has 0 fully saturated rings. The van der Waals surface area contributed by atoms with E-state index in [1.807, 2.05) is 6.92 Å². The number of aromatic nitrogens is 1. The van der Waals surface area contributed by atoms with Crippen LogP contribution >= 0.6 is 0 Å². The molecular weight excluding hydrogens is 650 g/mol. The van der Waals surface area contributed by atoms with Crippen molar-refractivity contribution in [2.24, 2.45) is 5.92 Å². The summed E-state index contributed by atoms with van der Waals surface area (Å²) in [4.78, 5) is 49.0. The molecule has 2 amide bonds. The van der Waals surface area contributed by atoms with Gasteiger partial charge in [-0.2, -0.15) is 4.39 Å². The minimum atomic E-state index is -3.09. The van der Waals surface area contributed by atoms with Gasteiger partial charge in [0.25, 0.3) is 0 Å². The Kier molecular flexibility index (Phi) is 10.8. The fourth-order valence-corrected chi connectivity index (χ4v) is 5.71. The van der Waals surface area contributed by atoms with Crippen molar-refractivity contribution in [2.75, 3.05) is 5.48 Å². The van der Waals surface area contributed by atoms with Crippen LogP contribution in [0, 0.1) is 11.9 Å². The van der Waals surface area contributed by atoms with Gasteiger partial charge >= 0.3 is 12.1 Å². The molecule has 0 bridgehead atoms. The number of hydrogen-bond donors (Lipinski definition) is 4. The van der Waals surface area contributed by atoms with Crippen molar-refractivity contribution in [1.82, 2.24) is 15.6 Å². The minimum Gasteiger partial charge on any atom is -0.508 e. The molecule has 1 aromatic heterocycles. The lowest BCUT2D eigenvalue weighted by molar-refractivity contribution is -0.152. The molecule has 0 radical (unpaired) electrons. The van der Waals surface area contributed by atoms with Gasteiger partial charge in [0.05, 0.1) is 11.3 Å². The van der Waals surface area contributed by atoms with Crippen LogP contribution in [0.3, 0.4) is 0 Å². The molecule has 0 saturated heterocycles. The highest BCUT2D eigenvalue weighted by atomic mass is 19.2. The molecule has 4 aromatic rings. The number of unbranched alkanes of at least 4 members (excludes halogenated alkanes) is 1. The minimum absolute atomic E-state index is 0.0110. The molecular formula is C37H38F2N4O7. The summed E-state index contributed by atoms with van der Waals surface area (Å²) in [5.74, 6) is -6.64. The molecule has 50 heavy (non-hydrogen) atoms. The van der Waals surface area contributed by atoms with Crippen LogP contribution in [0.15, 0.2) is 85.1 Å². The third kappa shape index (κ3) is 7.46. The van der Waals surface area contributed by atoms with Gasteiger partial charge in [0.2, 0.25) is 17.6 Å². The Balaban J connectivity index is 1.58. The SMILES string of the molecule is CCCCC(=O)NC(F)(c1cccc(OCc2cccc(O)c2)c1)c1c(F)ncc2c1NOC(=O)[C@@]2(NC(=O)OCc1ccccc1)C(C)C. The van der Waals surface area contributed by atoms with E-state index >= 15 is 8.78 Å². The van der Waals surface area contributed by atoms with Crippen LogP contribution in [0.25, 0.3) is 0 Å². The Morgan fingerprint density at radius 2 is 1.78 bits per heavy atom. The molecule has 13 heteroatoms. The standard InChI is InChI=1S/C37H38F2N4O7/c1-4-5-17-30(45)41-37(39,26-14-10-16-28(19-26)48-22-25-13-9-15-27(44)18-25)31-32-29(20-40-33(31)38)36(23(2)3,34(46)50-43-32)42-35(47)49-21-24-11-7-6-8-12-24/h6-16,18-20,23,43-44H,4-5,17,21-22H2,1-3H3,(H,41,45)(H,42,47)/t36-,37?/m1/s1. The summed E-state index contributed by atoms with van der Waals surface area (Å²) >= 11 is 0. The first-order valence-electron chi connectivity index (χ1n) is 16.1. The lowest BCUT2D eigenvalue weighted by Gasteiger charge is -2.41. The van der Waals surface area contributed by atoms with Gasteiger partial charge in [0.15, 0.2) is 5.54 Å². The van der Waals surface area contributed by atoms with E-state index in [2.05, 4.69) is 21.1 Å². The van der Waals surface area contributed by atoms with Crippen LogP contribution in [0.5, 0.6) is 11.5 Å². The van der Waals surface area contributed by atoms with E-state index in [-0.39, 0.29) is 47.9 Å². The highest BCUT2D eigenvalue weighted by Crippen LogP contribution is 2.46. The Bertz CT molecular complexity index is 1860. The second-order valence-corrected chi connectivity index (χ2v) is 12.2. The zero-order valence-corrected chi connectivity index (χ0v) is 27.8. The number of phenols is 1. The van der Waals surface area contributed by atoms with Crippen LogP contribution in [-0.2, 0) is 43.7 Å². The van der Waals surface area contributed by atoms with E-state index < -0.39 is 46.7 Å². The van der Waals surface area contributed by atoms with Gasteiger partial charge in [0, 0.05) is 23.7 Å². The summed E-state index contributed by atoms with van der Waals surface area (Å²) in [6.45, 7) is 4.98. The number of ether oxygens (including phenoxy) is 2. The number of nitrogens with one attached hydrogen (secondary N) is 3. The second kappa shape index (κ2) is 15.2. The summed E-state index contributed by atoms with van der Waals surface area (Å²) in [6, 6.07) is 20.9. The number of pyridine rings is 1. The van der Waals surface area contributed by atoms with Gasteiger partial charge in [-0.3, -0.25) is 4.79 Å². The molecule has 5 rings (SSSR count). The predicted molar refractivity (Wildman–Crippen MR) is 179 cm³/mol. The number of carbonyl (C=O) groups is 3. The first-order chi connectivity index (χ1) is 24.0. The average molecular weight is 689 g/mol. The zero-order chi connectivity index (χ0) is 35.9. The van der Waals surface area contributed by atoms with Crippen molar-refractivity contribution in [2.45, 2.75) is 64.6 Å². The number of fused-ring (bicyclic) bond motifs is 1. The molecule has 1 unspecified atom stereocenters. The number of carbonyl (C=O) groups excluding carboxylic acids is 3. The number of anilines is 1. The largest absolute Gasteiger partial charge is 0.508 e. The topological polar surface area (TPSA) is 148 Å². The molecule has 11 nitrogen and oxygen atoms in total. The average Bonchev–Trinajstić information content (AvgIpc) is 3.10. The number of nitrogens with zero attached hydrogens (tertiary/aromatic N) is 1. The van der Waals surface area contributed by atoms with Gasteiger partial charge in [-0.1, -0.05) is 81.8 Å². The lowest BCUT2D eigenvalue weighted by Crippen LogP contribution is -2.59. The van der Waals surface area contributed by atoms with Crippen molar-refractivity contribution < 1.29 is 42.6 Å². The second-order valence-electron chi connectivity index (χ2n) is 12.2. The maximum atomic E-state index is 17.9. The number of rotatable bonds is 13. The van der Waals surface area contributed by atoms with E-state index in [1.165, 1.54) is 30.3 Å². The van der Waals surface area contributed by atoms with Crippen molar-refractivity contribution in [1.29, 1.82) is 0 Å². The highest BCUT2D eigenvalue weighted by Gasteiger charge is 2.54. The molecule has 0 saturated carbocycles. The van der Waals surface area contributed by atoms with E-state index in [0.29, 0.717) is 24.0 Å². The molecule has 0 spiro atoms. The van der Waals surface area contributed by atoms with Gasteiger partial charge < -0.3 is 30.1 Å². The van der Waals surface area contributed by atoms with Crippen LogP contribution in [0.1, 0.15) is 67.9 Å². The van der Waals surface area contributed by atoms with Crippen LogP contribution in [0.4, 0.5) is 19.3 Å². The number of benzene rings is 3. The van der Waals surface area contributed by atoms with Crippen LogP contribution in [0.2, 0.25) is 0 Å². The zero-order valence-electron chi connectivity index (χ0n) is 27.8. The number of amides is 2. The number of halogens is 2. The maximum Gasteiger partial charge on any atom is 0.408 e. The van der Waals surface area contributed by atoms with Crippen molar-refractivity contribution in [3.8, 4) is 11.5 Å². The molecule has 262 valence electrons. The Labute approximate surface area is 287 Å². The molecule has 4 N–H and O–H groups in total. The fraction of sp³-hybridized carbons (Fsp3) is 0.297. The van der Waals surface area contributed by atoms with E-state index in [1.54, 1.807) is 62.4 Å². The first-order valence-corrected chi connectivity index (χ1v) is 16.1. The van der Waals surface area contributed by atoms with E-state index in [9.17, 15) is 19.5 Å². The van der Waals surface area contributed by atoms with Crippen LogP contribution in [-0.4, -0.2) is 28.1 Å². The fourth-order valence-electron chi connectivity index (χ4n) is 5.71. The smallest absolute Gasteiger partial charge is 0.408 e. The van der Waals surface area contributed by atoms with Gasteiger partial charge in [-0.25, -0.2) is 24.4 Å². The number of hydrogen-bond acceptors (Lipinski definition) is 9. The Hall–Kier alpha value is -5.72. The number of alkyl carbamates (subject to hydrolysis) is 1. The first kappa shape index (κ1) is 35.6. The van der Waals surface area contributed by atoms with E-state index in [0.717, 1.165) is 6.20 Å². The molecule has 2 atom stereocenters. The lowest BCUT2D eigenvalue weighted by atomic mass is 9.77. The quantitative estimate of drug-likeness (QED) is 0.0896. The van der Waals surface area contributed by atoms with Crippen molar-refractivity contribution in [3.05, 3.63) is 119 Å². The van der Waals surface area contributed by atoms with Crippen LogP contribution < -0.4 is 20.9 Å². The maximum absolute atomic E-state index is 17.9. The number of alkyl halides is 1. The summed E-state index contributed by atoms with van der Waals surface area (Å²) < 4.78 is 45.2. The normalized spacial score (nSPS) is 16.3. The monoisotopic (exact) mass is 688 g/mol. The molecule has 1 aliphatic rings. The summed E-state index contributed by atoms with van der Waals surface area (Å²) in [6.07, 6.45) is 1.03. The molecule has 0 aliphatic carbocycles. The summed E-state index contributed by atoms with van der Waals surface area (Å²) in [5, 5.41) is 14.7. The number of aromatic hydroxyl groups is 1. The van der Waals surface area contributed by atoms with Gasteiger partial charge in [0.1, 0.15) is 24.7 Å². The third-order valence-corrected chi connectivity index (χ3v) is 8.36. The summed E-state index contributed by atoms with van der Waals surface area (Å²) in [5.41, 5.74) is 0.171. The Morgan fingerprint density at radius 1 is 1.04 bits per heavy atom. The van der Waals surface area contributed by atoms with Gasteiger partial charge in [-0.05, 0) is 47.7 Å². The van der Waals surface area contributed by atoms with Gasteiger partial charge in [-0.15, -0.1) is 0 Å². The van der Waals surface area contributed by atoms with E-state index in [4.69, 9.17) is 14.3 Å². The molecule has 2 heterocycles. The molecule has 1 aliphatic heterocycles. The third-order valence-electron chi connectivity index (χ3n) is 8.36. The van der Waals surface area contributed by atoms with Crippen molar-refractivity contribution in [3.63, 3.8) is 0 Å². The highest BCUT2D eigenvalue weighted by molar-refractivity contribution is 5.92. The molecule has 3 aromatic carbocycles. The number of phenolic OH excluding ortho intramolecular Hbond substituents is 1. The summed E-state index contributed by atoms with van der Waals surface area (Å²) in [7, 11) is 0. The van der Waals surface area contributed by atoms with Crippen molar-refractivity contribution >= 4 is 23.7 Å². The predicted octanol–water partition coefficient (Wildman–Crippen LogP) is 6.64. The Morgan fingerprint density at radius 3 is 2.50 bits per heavy atom.